The molecule has 4 heterocycles. The van der Waals surface area contributed by atoms with Crippen molar-refractivity contribution in [2.24, 2.45) is 11.8 Å². The van der Waals surface area contributed by atoms with Gasteiger partial charge in [-0.1, -0.05) is 43.5 Å². The summed E-state index contributed by atoms with van der Waals surface area (Å²) < 4.78 is 6.45. The second-order valence-electron chi connectivity index (χ2n) is 11.2. The van der Waals surface area contributed by atoms with Gasteiger partial charge >= 0.3 is 0 Å². The Morgan fingerprint density at radius 1 is 1.11 bits per heavy atom. The maximum Gasteiger partial charge on any atom is 0.246 e. The van der Waals surface area contributed by atoms with Gasteiger partial charge in [0.2, 0.25) is 17.7 Å². The summed E-state index contributed by atoms with van der Waals surface area (Å²) in [5.74, 6) is -2.21. The van der Waals surface area contributed by atoms with Crippen molar-refractivity contribution < 1.29 is 19.1 Å². The molecule has 3 amide bonds. The van der Waals surface area contributed by atoms with E-state index >= 15 is 0 Å². The number of aryl methyl sites for hydroxylation is 2. The van der Waals surface area contributed by atoms with E-state index in [-0.39, 0.29) is 30.3 Å². The number of pyridine rings is 1. The van der Waals surface area contributed by atoms with Crippen molar-refractivity contribution in [1.82, 2.24) is 15.2 Å². The van der Waals surface area contributed by atoms with E-state index in [2.05, 4.69) is 15.6 Å². The molecule has 2 aromatic rings. The van der Waals surface area contributed by atoms with Crippen molar-refractivity contribution in [3.05, 3.63) is 71.6 Å². The van der Waals surface area contributed by atoms with E-state index < -0.39 is 29.6 Å². The van der Waals surface area contributed by atoms with Crippen molar-refractivity contribution >= 4 is 23.4 Å². The summed E-state index contributed by atoms with van der Waals surface area (Å²) in [6, 6.07) is 8.69. The van der Waals surface area contributed by atoms with Crippen LogP contribution >= 0.6 is 0 Å². The Bertz CT molecular complexity index is 1290. The molecule has 8 heteroatoms. The topological polar surface area (TPSA) is 101 Å². The third-order valence-electron chi connectivity index (χ3n) is 8.73. The molecule has 1 spiro atoms. The molecule has 3 aliphatic heterocycles. The van der Waals surface area contributed by atoms with Crippen LogP contribution in [0.4, 0.5) is 5.69 Å². The van der Waals surface area contributed by atoms with Crippen LogP contribution in [-0.2, 0) is 25.7 Å². The average Bonchev–Trinajstić information content (AvgIpc) is 3.55. The van der Waals surface area contributed by atoms with Crippen LogP contribution in [0.25, 0.3) is 0 Å². The van der Waals surface area contributed by atoms with Gasteiger partial charge in [0.1, 0.15) is 11.6 Å². The third-order valence-corrected chi connectivity index (χ3v) is 8.73. The second-order valence-corrected chi connectivity index (χ2v) is 11.2. The van der Waals surface area contributed by atoms with E-state index in [0.717, 1.165) is 42.4 Å². The Labute approximate surface area is 222 Å². The van der Waals surface area contributed by atoms with Crippen LogP contribution in [0.3, 0.4) is 0 Å². The largest absolute Gasteiger partial charge is 0.359 e. The molecule has 3 fully saturated rings. The molecule has 2 saturated heterocycles. The molecular formula is C30H34N4O4. The number of rotatable bonds is 6. The number of benzene rings is 1. The highest BCUT2D eigenvalue weighted by Gasteiger charge is 2.72. The lowest BCUT2D eigenvalue weighted by atomic mass is 9.74. The predicted molar refractivity (Wildman–Crippen MR) is 142 cm³/mol. The summed E-state index contributed by atoms with van der Waals surface area (Å²) >= 11 is 0. The molecule has 2 bridgehead atoms. The van der Waals surface area contributed by atoms with Crippen LogP contribution in [0.15, 0.2) is 54.9 Å². The first-order valence-electron chi connectivity index (χ1n) is 13.6. The zero-order chi connectivity index (χ0) is 26.4. The predicted octanol–water partition coefficient (Wildman–Crippen LogP) is 3.44. The van der Waals surface area contributed by atoms with Gasteiger partial charge in [-0.25, -0.2) is 0 Å². The van der Waals surface area contributed by atoms with Gasteiger partial charge in [0.05, 0.1) is 17.9 Å². The molecule has 1 aromatic heterocycles. The normalized spacial score (nSPS) is 29.9. The summed E-state index contributed by atoms with van der Waals surface area (Å²) in [7, 11) is 0. The van der Waals surface area contributed by atoms with Crippen molar-refractivity contribution in [3.63, 3.8) is 0 Å². The smallest absolute Gasteiger partial charge is 0.246 e. The molecule has 1 aliphatic carbocycles. The summed E-state index contributed by atoms with van der Waals surface area (Å²) in [5, 5.41) is 6.23. The molecule has 198 valence electrons. The number of hydrogen-bond donors (Lipinski definition) is 2. The molecule has 38 heavy (non-hydrogen) atoms. The fraction of sp³-hybridized carbons (Fsp3) is 0.467. The molecule has 3 unspecified atom stereocenters. The standard InChI is InChI=1S/C30H34N4O4/c1-18-10-11-22(15-19(18)2)33-27(35)24-23-12-13-30(38-23)25(24)29(37)34(17-20-7-6-14-31-16-20)26(30)28(36)32-21-8-4-3-5-9-21/h6-7,10-16,21,23-26H,3-5,8-9,17H2,1-2H3,(H,32,36)(H,33,35)/t23-,24?,25-,26?,30?/m1/s1. The van der Waals surface area contributed by atoms with Crippen LogP contribution in [-0.4, -0.2) is 51.4 Å². The fourth-order valence-corrected chi connectivity index (χ4v) is 6.70. The van der Waals surface area contributed by atoms with Crippen LogP contribution in [0, 0.1) is 25.7 Å². The number of carbonyl (C=O) groups excluding carboxylic acids is 3. The quantitative estimate of drug-likeness (QED) is 0.576. The highest BCUT2D eigenvalue weighted by atomic mass is 16.5. The van der Waals surface area contributed by atoms with Gasteiger partial charge in [-0.05, 0) is 61.6 Å². The van der Waals surface area contributed by atoms with Crippen LogP contribution in [0.5, 0.6) is 0 Å². The molecule has 0 radical (unpaired) electrons. The van der Waals surface area contributed by atoms with Crippen molar-refractivity contribution in [1.29, 1.82) is 0 Å². The van der Waals surface area contributed by atoms with Gasteiger partial charge in [-0.2, -0.15) is 0 Å². The van der Waals surface area contributed by atoms with Crippen LogP contribution in [0.1, 0.15) is 48.8 Å². The third kappa shape index (κ3) is 4.11. The van der Waals surface area contributed by atoms with Gasteiger partial charge in [0.25, 0.3) is 0 Å². The highest BCUT2D eigenvalue weighted by Crippen LogP contribution is 2.55. The molecule has 8 nitrogen and oxygen atoms in total. The van der Waals surface area contributed by atoms with Crippen molar-refractivity contribution in [3.8, 4) is 0 Å². The monoisotopic (exact) mass is 514 g/mol. The highest BCUT2D eigenvalue weighted by molar-refractivity contribution is 6.02. The van der Waals surface area contributed by atoms with Crippen molar-refractivity contribution in [2.45, 2.75) is 76.3 Å². The van der Waals surface area contributed by atoms with Crippen LogP contribution in [0.2, 0.25) is 0 Å². The molecule has 1 aromatic carbocycles. The van der Waals surface area contributed by atoms with Gasteiger partial charge < -0.3 is 20.3 Å². The van der Waals surface area contributed by atoms with Crippen LogP contribution < -0.4 is 10.6 Å². The van der Waals surface area contributed by atoms with Crippen molar-refractivity contribution in [2.75, 3.05) is 5.32 Å². The lowest BCUT2D eigenvalue weighted by Crippen LogP contribution is -2.56. The first-order valence-corrected chi connectivity index (χ1v) is 13.6. The van der Waals surface area contributed by atoms with E-state index in [4.69, 9.17) is 4.74 Å². The lowest BCUT2D eigenvalue weighted by Gasteiger charge is -2.34. The number of anilines is 1. The minimum atomic E-state index is -1.17. The lowest BCUT2D eigenvalue weighted by molar-refractivity contribution is -0.142. The van der Waals surface area contributed by atoms with E-state index in [0.29, 0.717) is 5.69 Å². The van der Waals surface area contributed by atoms with E-state index in [1.54, 1.807) is 17.3 Å². The number of ether oxygens (including phenoxy) is 1. The number of amides is 3. The van der Waals surface area contributed by atoms with E-state index in [9.17, 15) is 14.4 Å². The van der Waals surface area contributed by atoms with E-state index in [1.807, 2.05) is 56.3 Å². The summed E-state index contributed by atoms with van der Waals surface area (Å²) in [6.07, 6.45) is 11.7. The molecular weight excluding hydrogens is 480 g/mol. The summed E-state index contributed by atoms with van der Waals surface area (Å²) in [5.41, 5.74) is 2.54. The zero-order valence-corrected chi connectivity index (χ0v) is 21.9. The Morgan fingerprint density at radius 2 is 1.92 bits per heavy atom. The minimum Gasteiger partial charge on any atom is -0.359 e. The maximum atomic E-state index is 14.1. The number of hydrogen-bond acceptors (Lipinski definition) is 5. The zero-order valence-electron chi connectivity index (χ0n) is 21.9. The number of likely N-dealkylation sites (tertiary alicyclic amines) is 1. The first-order chi connectivity index (χ1) is 18.4. The number of fused-ring (bicyclic) bond motifs is 1. The Hall–Kier alpha value is -3.52. The molecule has 6 rings (SSSR count). The summed E-state index contributed by atoms with van der Waals surface area (Å²) in [6.45, 7) is 4.24. The number of carbonyl (C=O) groups is 3. The Kier molecular flexibility index (Phi) is 6.30. The van der Waals surface area contributed by atoms with Gasteiger partial charge in [-0.3, -0.25) is 19.4 Å². The Balaban J connectivity index is 1.32. The fourth-order valence-electron chi connectivity index (χ4n) is 6.70. The number of nitrogens with zero attached hydrogens (tertiary/aromatic N) is 2. The first kappa shape index (κ1) is 24.8. The molecule has 2 N–H and O–H groups in total. The average molecular weight is 515 g/mol. The molecule has 5 atom stereocenters. The van der Waals surface area contributed by atoms with Gasteiger partial charge in [0.15, 0.2) is 0 Å². The van der Waals surface area contributed by atoms with E-state index in [1.165, 1.54) is 6.42 Å². The Morgan fingerprint density at radius 3 is 2.66 bits per heavy atom. The number of aromatic nitrogens is 1. The van der Waals surface area contributed by atoms with Gasteiger partial charge in [-0.15, -0.1) is 0 Å². The molecule has 4 aliphatic rings. The number of nitrogens with one attached hydrogen (secondary N) is 2. The molecule has 1 saturated carbocycles. The maximum absolute atomic E-state index is 14.1. The van der Waals surface area contributed by atoms with Gasteiger partial charge in [0, 0.05) is 30.7 Å². The summed E-state index contributed by atoms with van der Waals surface area (Å²) in [4.78, 5) is 47.4. The second kappa shape index (κ2) is 9.66. The minimum absolute atomic E-state index is 0.0912. The SMILES string of the molecule is Cc1ccc(NC(=O)C2[C@H]3C=CC4(O3)C(C(=O)NC3CCCCC3)N(Cc3cccnc3)C(=O)[C@@H]24)cc1C.